The van der Waals surface area contributed by atoms with Crippen molar-refractivity contribution in [3.05, 3.63) is 0 Å². The molecule has 3 heteroatoms. The lowest BCUT2D eigenvalue weighted by atomic mass is 9.79. The topological polar surface area (TPSA) is 30.5 Å². The first-order chi connectivity index (χ1) is 8.24. The first-order valence-corrected chi connectivity index (χ1v) is 7.21. The quantitative estimate of drug-likeness (QED) is 0.821. The zero-order valence-corrected chi connectivity index (χ0v) is 11.4. The maximum atomic E-state index is 6.27. The van der Waals surface area contributed by atoms with E-state index in [2.05, 4.69) is 19.2 Å². The third-order valence-electron chi connectivity index (χ3n) is 4.30. The van der Waals surface area contributed by atoms with E-state index < -0.39 is 0 Å². The molecule has 1 N–H and O–H groups in total. The minimum atomic E-state index is -0.0347. The van der Waals surface area contributed by atoms with Gasteiger partial charge in [-0.25, -0.2) is 0 Å². The SMILES string of the molecule is CCCC1(CCC)NCC2(CCOCC2)CO1. The Hall–Kier alpha value is -0.120. The van der Waals surface area contributed by atoms with E-state index in [1.54, 1.807) is 0 Å². The van der Waals surface area contributed by atoms with Gasteiger partial charge in [-0.15, -0.1) is 0 Å². The molecule has 0 unspecified atom stereocenters. The van der Waals surface area contributed by atoms with Crippen molar-refractivity contribution in [2.75, 3.05) is 26.4 Å². The summed E-state index contributed by atoms with van der Waals surface area (Å²) in [6, 6.07) is 0. The van der Waals surface area contributed by atoms with Gasteiger partial charge in [0, 0.05) is 25.2 Å². The molecular formula is C14H27NO2. The summed E-state index contributed by atoms with van der Waals surface area (Å²) in [5.41, 5.74) is 0.316. The van der Waals surface area contributed by atoms with Crippen LogP contribution in [0.2, 0.25) is 0 Å². The molecular weight excluding hydrogens is 214 g/mol. The van der Waals surface area contributed by atoms with Crippen molar-refractivity contribution in [2.45, 2.75) is 58.1 Å². The van der Waals surface area contributed by atoms with E-state index >= 15 is 0 Å². The van der Waals surface area contributed by atoms with Gasteiger partial charge in [-0.3, -0.25) is 5.32 Å². The van der Waals surface area contributed by atoms with E-state index in [4.69, 9.17) is 9.47 Å². The van der Waals surface area contributed by atoms with Crippen LogP contribution in [-0.2, 0) is 9.47 Å². The van der Waals surface area contributed by atoms with Crippen molar-refractivity contribution in [3.63, 3.8) is 0 Å². The second-order valence-corrected chi connectivity index (χ2v) is 5.75. The molecule has 0 bridgehead atoms. The minimum absolute atomic E-state index is 0.0347. The third-order valence-corrected chi connectivity index (χ3v) is 4.30. The monoisotopic (exact) mass is 241 g/mol. The Morgan fingerprint density at radius 2 is 1.71 bits per heavy atom. The molecule has 0 aromatic heterocycles. The van der Waals surface area contributed by atoms with Crippen molar-refractivity contribution in [1.82, 2.24) is 5.32 Å². The maximum Gasteiger partial charge on any atom is 0.119 e. The zero-order chi connectivity index (χ0) is 12.2. The highest BCUT2D eigenvalue weighted by Crippen LogP contribution is 2.37. The molecule has 2 rings (SSSR count). The normalized spacial score (nSPS) is 27.2. The first-order valence-electron chi connectivity index (χ1n) is 7.21. The van der Waals surface area contributed by atoms with Gasteiger partial charge in [0.15, 0.2) is 0 Å². The average Bonchev–Trinajstić information content (AvgIpc) is 2.36. The van der Waals surface area contributed by atoms with Crippen molar-refractivity contribution in [1.29, 1.82) is 0 Å². The average molecular weight is 241 g/mol. The molecule has 0 saturated carbocycles. The van der Waals surface area contributed by atoms with Crippen LogP contribution < -0.4 is 5.32 Å². The van der Waals surface area contributed by atoms with Gasteiger partial charge < -0.3 is 9.47 Å². The summed E-state index contributed by atoms with van der Waals surface area (Å²) in [6.07, 6.45) is 6.93. The summed E-state index contributed by atoms with van der Waals surface area (Å²) in [6.45, 7) is 8.31. The van der Waals surface area contributed by atoms with Gasteiger partial charge in [0.05, 0.1) is 6.61 Å². The fourth-order valence-corrected chi connectivity index (χ4v) is 3.12. The number of rotatable bonds is 4. The van der Waals surface area contributed by atoms with Crippen LogP contribution in [-0.4, -0.2) is 32.1 Å². The molecule has 2 aliphatic heterocycles. The van der Waals surface area contributed by atoms with E-state index in [-0.39, 0.29) is 5.72 Å². The Labute approximate surface area is 105 Å². The van der Waals surface area contributed by atoms with Gasteiger partial charge in [0.1, 0.15) is 5.72 Å². The number of hydrogen-bond donors (Lipinski definition) is 1. The predicted molar refractivity (Wildman–Crippen MR) is 69.0 cm³/mol. The minimum Gasteiger partial charge on any atom is -0.381 e. The van der Waals surface area contributed by atoms with E-state index in [1.165, 1.54) is 12.8 Å². The van der Waals surface area contributed by atoms with Gasteiger partial charge in [0.25, 0.3) is 0 Å². The molecule has 100 valence electrons. The van der Waals surface area contributed by atoms with E-state index in [1.807, 2.05) is 0 Å². The lowest BCUT2D eigenvalue weighted by Crippen LogP contribution is -2.60. The molecule has 3 nitrogen and oxygen atoms in total. The molecule has 0 amide bonds. The molecule has 1 spiro atoms. The Balaban J connectivity index is 1.94. The molecule has 2 heterocycles. The molecule has 0 radical (unpaired) electrons. The van der Waals surface area contributed by atoms with Gasteiger partial charge in [-0.05, 0) is 25.7 Å². The standard InChI is InChI=1S/C14H27NO2/c1-3-5-14(6-4-2)15-11-13(12-17-14)7-9-16-10-8-13/h15H,3-12H2,1-2H3. The predicted octanol–water partition coefficient (Wildman–Crippen LogP) is 2.70. The van der Waals surface area contributed by atoms with Gasteiger partial charge >= 0.3 is 0 Å². The van der Waals surface area contributed by atoms with Crippen molar-refractivity contribution in [3.8, 4) is 0 Å². The van der Waals surface area contributed by atoms with E-state index in [0.29, 0.717) is 5.41 Å². The smallest absolute Gasteiger partial charge is 0.119 e. The second-order valence-electron chi connectivity index (χ2n) is 5.75. The van der Waals surface area contributed by atoms with Gasteiger partial charge in [-0.2, -0.15) is 0 Å². The van der Waals surface area contributed by atoms with Gasteiger partial charge in [0.2, 0.25) is 0 Å². The number of nitrogens with one attached hydrogen (secondary N) is 1. The highest BCUT2D eigenvalue weighted by Gasteiger charge is 2.43. The molecule has 2 fully saturated rings. The maximum absolute atomic E-state index is 6.27. The van der Waals surface area contributed by atoms with Crippen LogP contribution in [0.5, 0.6) is 0 Å². The second kappa shape index (κ2) is 5.68. The van der Waals surface area contributed by atoms with E-state index in [9.17, 15) is 0 Å². The fraction of sp³-hybridized carbons (Fsp3) is 1.00. The largest absolute Gasteiger partial charge is 0.381 e. The summed E-state index contributed by atoms with van der Waals surface area (Å²) < 4.78 is 11.7. The number of ether oxygens (including phenoxy) is 2. The van der Waals surface area contributed by atoms with Crippen LogP contribution in [0.25, 0.3) is 0 Å². The lowest BCUT2D eigenvalue weighted by molar-refractivity contribution is -0.172. The molecule has 0 aliphatic carbocycles. The highest BCUT2D eigenvalue weighted by atomic mass is 16.5. The van der Waals surface area contributed by atoms with Crippen LogP contribution in [0.4, 0.5) is 0 Å². The summed E-state index contributed by atoms with van der Waals surface area (Å²) >= 11 is 0. The van der Waals surface area contributed by atoms with Crippen molar-refractivity contribution in [2.24, 2.45) is 5.41 Å². The molecule has 17 heavy (non-hydrogen) atoms. The summed E-state index contributed by atoms with van der Waals surface area (Å²) in [7, 11) is 0. The Kier molecular flexibility index (Phi) is 4.45. The molecule has 0 aromatic carbocycles. The Bertz CT molecular complexity index is 218. The van der Waals surface area contributed by atoms with Crippen LogP contribution in [0.3, 0.4) is 0 Å². The molecule has 0 atom stereocenters. The van der Waals surface area contributed by atoms with Crippen LogP contribution in [0, 0.1) is 5.41 Å². The third kappa shape index (κ3) is 3.01. The molecule has 0 aromatic rings. The first kappa shape index (κ1) is 13.3. The van der Waals surface area contributed by atoms with Crippen molar-refractivity contribution < 1.29 is 9.47 Å². The summed E-state index contributed by atoms with van der Waals surface area (Å²) in [5.74, 6) is 0. The lowest BCUT2D eigenvalue weighted by Gasteiger charge is -2.49. The van der Waals surface area contributed by atoms with Crippen LogP contribution >= 0.6 is 0 Å². The van der Waals surface area contributed by atoms with E-state index in [0.717, 1.165) is 52.0 Å². The molecule has 2 saturated heterocycles. The van der Waals surface area contributed by atoms with Gasteiger partial charge in [-0.1, -0.05) is 26.7 Å². The molecule has 2 aliphatic rings. The Morgan fingerprint density at radius 3 is 2.18 bits per heavy atom. The fourth-order valence-electron chi connectivity index (χ4n) is 3.12. The summed E-state index contributed by atoms with van der Waals surface area (Å²) in [4.78, 5) is 0. The highest BCUT2D eigenvalue weighted by molar-refractivity contribution is 4.92. The number of hydrogen-bond acceptors (Lipinski definition) is 3. The van der Waals surface area contributed by atoms with Crippen LogP contribution in [0.1, 0.15) is 52.4 Å². The van der Waals surface area contributed by atoms with Crippen LogP contribution in [0.15, 0.2) is 0 Å². The Morgan fingerprint density at radius 1 is 1.06 bits per heavy atom. The van der Waals surface area contributed by atoms with Crippen molar-refractivity contribution >= 4 is 0 Å². The zero-order valence-electron chi connectivity index (χ0n) is 11.4. The summed E-state index contributed by atoms with van der Waals surface area (Å²) in [5, 5.41) is 3.72.